The van der Waals surface area contributed by atoms with E-state index in [1.807, 2.05) is 42.5 Å². The first-order valence-electron chi connectivity index (χ1n) is 10.9. The number of Topliss-reactive ketones (excluding diaryl/α,β-unsaturated/α-hetero) is 1. The van der Waals surface area contributed by atoms with Gasteiger partial charge in [-0.05, 0) is 66.5 Å². The Labute approximate surface area is 182 Å². The van der Waals surface area contributed by atoms with Crippen molar-refractivity contribution in [1.29, 1.82) is 0 Å². The van der Waals surface area contributed by atoms with Crippen LogP contribution in [0.5, 0.6) is 0 Å². The van der Waals surface area contributed by atoms with Crippen molar-refractivity contribution >= 4 is 16.6 Å². The summed E-state index contributed by atoms with van der Waals surface area (Å²) in [5.41, 5.74) is 1.48. The van der Waals surface area contributed by atoms with Gasteiger partial charge in [-0.1, -0.05) is 42.5 Å². The minimum atomic E-state index is -0.662. The number of ether oxygens (including phenoxy) is 1. The molecule has 0 spiro atoms. The molecule has 0 aromatic heterocycles. The summed E-state index contributed by atoms with van der Waals surface area (Å²) in [4.78, 5) is 14.9. The lowest BCUT2D eigenvalue weighted by Gasteiger charge is -2.31. The fourth-order valence-electron chi connectivity index (χ4n) is 4.29. The van der Waals surface area contributed by atoms with Gasteiger partial charge in [0.05, 0.1) is 13.2 Å². The number of rotatable bonds is 8. The van der Waals surface area contributed by atoms with Crippen molar-refractivity contribution in [2.45, 2.75) is 18.9 Å². The second kappa shape index (κ2) is 10.1. The van der Waals surface area contributed by atoms with E-state index in [-0.39, 0.29) is 24.1 Å². The van der Waals surface area contributed by atoms with E-state index in [2.05, 4.69) is 4.90 Å². The Morgan fingerprint density at radius 3 is 2.52 bits per heavy atom. The molecule has 31 heavy (non-hydrogen) atoms. The molecule has 0 bridgehead atoms. The van der Waals surface area contributed by atoms with Crippen LogP contribution < -0.4 is 0 Å². The Kier molecular flexibility index (Phi) is 7.07. The number of piperidine rings is 1. The quantitative estimate of drug-likeness (QED) is 0.426. The third-order valence-corrected chi connectivity index (χ3v) is 6.10. The molecule has 3 aromatic rings. The van der Waals surface area contributed by atoms with Gasteiger partial charge < -0.3 is 14.7 Å². The molecule has 0 aliphatic carbocycles. The van der Waals surface area contributed by atoms with Crippen LogP contribution in [0.3, 0.4) is 0 Å². The summed E-state index contributed by atoms with van der Waals surface area (Å²) in [7, 11) is 0. The van der Waals surface area contributed by atoms with Gasteiger partial charge in [0.25, 0.3) is 0 Å². The summed E-state index contributed by atoms with van der Waals surface area (Å²) in [6, 6.07) is 19.8. The molecule has 1 unspecified atom stereocenters. The number of fused-ring (bicyclic) bond motifs is 1. The van der Waals surface area contributed by atoms with Crippen LogP contribution >= 0.6 is 0 Å². The van der Waals surface area contributed by atoms with Crippen molar-refractivity contribution in [1.82, 2.24) is 4.90 Å². The highest BCUT2D eigenvalue weighted by atomic mass is 19.1. The molecule has 0 amide bonds. The zero-order chi connectivity index (χ0) is 21.6. The van der Waals surface area contributed by atoms with Gasteiger partial charge in [0, 0.05) is 18.0 Å². The highest BCUT2D eigenvalue weighted by Crippen LogP contribution is 2.25. The van der Waals surface area contributed by atoms with E-state index in [0.29, 0.717) is 12.2 Å². The Balaban J connectivity index is 1.20. The van der Waals surface area contributed by atoms with E-state index in [1.54, 1.807) is 12.1 Å². The van der Waals surface area contributed by atoms with Crippen molar-refractivity contribution in [2.75, 3.05) is 32.8 Å². The van der Waals surface area contributed by atoms with E-state index < -0.39 is 6.10 Å². The summed E-state index contributed by atoms with van der Waals surface area (Å²) in [6.45, 7) is 3.26. The lowest BCUT2D eigenvalue weighted by Crippen LogP contribution is -2.38. The summed E-state index contributed by atoms with van der Waals surface area (Å²) >= 11 is 0. The minimum absolute atomic E-state index is 0.00388. The SMILES string of the molecule is O=C(c1ccc(F)cc1)C1CCN(CCOCC(O)c2cccc3ccccc23)CC1. The molecule has 0 saturated carbocycles. The fraction of sp³-hybridized carbons (Fsp3) is 0.346. The van der Waals surface area contributed by atoms with E-state index in [0.717, 1.165) is 48.8 Å². The van der Waals surface area contributed by atoms with Gasteiger partial charge in [-0.3, -0.25) is 4.79 Å². The Morgan fingerprint density at radius 1 is 1.03 bits per heavy atom. The van der Waals surface area contributed by atoms with Crippen LogP contribution in [0.15, 0.2) is 66.7 Å². The third kappa shape index (κ3) is 5.37. The number of ketones is 1. The van der Waals surface area contributed by atoms with Crippen LogP contribution in [0.25, 0.3) is 10.8 Å². The monoisotopic (exact) mass is 421 g/mol. The number of likely N-dealkylation sites (tertiary alicyclic amines) is 1. The second-order valence-corrected chi connectivity index (χ2v) is 8.15. The van der Waals surface area contributed by atoms with Gasteiger partial charge in [-0.25, -0.2) is 4.39 Å². The molecule has 3 aromatic carbocycles. The molecule has 0 radical (unpaired) electrons. The molecule has 4 rings (SSSR count). The van der Waals surface area contributed by atoms with E-state index in [1.165, 1.54) is 12.1 Å². The van der Waals surface area contributed by atoms with Gasteiger partial charge in [0.1, 0.15) is 11.9 Å². The number of hydrogen-bond donors (Lipinski definition) is 1. The maximum Gasteiger partial charge on any atom is 0.166 e. The van der Waals surface area contributed by atoms with Gasteiger partial charge in [0.2, 0.25) is 0 Å². The lowest BCUT2D eigenvalue weighted by atomic mass is 9.89. The number of aliphatic hydroxyl groups is 1. The van der Waals surface area contributed by atoms with Gasteiger partial charge in [0.15, 0.2) is 5.78 Å². The number of hydrogen-bond acceptors (Lipinski definition) is 4. The number of carbonyl (C=O) groups excluding carboxylic acids is 1. The first kappa shape index (κ1) is 21.6. The maximum absolute atomic E-state index is 13.1. The summed E-state index contributed by atoms with van der Waals surface area (Å²) in [5, 5.41) is 12.7. The standard InChI is InChI=1S/C26H28FNO3/c27-22-10-8-20(9-11-22)26(30)21-12-14-28(15-13-21)16-17-31-18-25(29)24-7-3-5-19-4-1-2-6-23(19)24/h1-11,21,25,29H,12-18H2. The Morgan fingerprint density at radius 2 is 1.74 bits per heavy atom. The molecule has 1 aliphatic rings. The molecule has 5 heteroatoms. The normalized spacial score (nSPS) is 16.5. The first-order chi connectivity index (χ1) is 15.1. The minimum Gasteiger partial charge on any atom is -0.386 e. The molecular formula is C26H28FNO3. The van der Waals surface area contributed by atoms with Crippen LogP contribution in [0, 0.1) is 11.7 Å². The topological polar surface area (TPSA) is 49.8 Å². The van der Waals surface area contributed by atoms with E-state index in [9.17, 15) is 14.3 Å². The number of nitrogens with zero attached hydrogens (tertiary/aromatic N) is 1. The summed E-state index contributed by atoms with van der Waals surface area (Å²) in [6.07, 6.45) is 0.939. The number of halogens is 1. The highest BCUT2D eigenvalue weighted by molar-refractivity contribution is 5.97. The smallest absolute Gasteiger partial charge is 0.166 e. The summed E-state index contributed by atoms with van der Waals surface area (Å²) in [5.74, 6) is -0.220. The number of carbonyl (C=O) groups is 1. The van der Waals surface area contributed by atoms with Gasteiger partial charge in [-0.2, -0.15) is 0 Å². The molecule has 1 aliphatic heterocycles. The molecule has 4 nitrogen and oxygen atoms in total. The van der Waals surface area contributed by atoms with E-state index >= 15 is 0 Å². The van der Waals surface area contributed by atoms with Crippen LogP contribution in [-0.2, 0) is 4.74 Å². The zero-order valence-electron chi connectivity index (χ0n) is 17.5. The summed E-state index contributed by atoms with van der Waals surface area (Å²) < 4.78 is 18.8. The number of aliphatic hydroxyl groups excluding tert-OH is 1. The molecule has 1 heterocycles. The van der Waals surface area contributed by atoms with Crippen molar-refractivity contribution in [3.63, 3.8) is 0 Å². The zero-order valence-corrected chi connectivity index (χ0v) is 17.5. The molecule has 1 N–H and O–H groups in total. The van der Waals surface area contributed by atoms with Crippen LogP contribution in [0.1, 0.15) is 34.9 Å². The van der Waals surface area contributed by atoms with Gasteiger partial charge in [-0.15, -0.1) is 0 Å². The predicted octanol–water partition coefficient (Wildman–Crippen LogP) is 4.62. The highest BCUT2D eigenvalue weighted by Gasteiger charge is 2.25. The van der Waals surface area contributed by atoms with Crippen LogP contribution in [0.2, 0.25) is 0 Å². The average molecular weight is 422 g/mol. The van der Waals surface area contributed by atoms with Crippen LogP contribution in [0.4, 0.5) is 4.39 Å². The third-order valence-electron chi connectivity index (χ3n) is 6.10. The molecule has 1 fully saturated rings. The fourth-order valence-corrected chi connectivity index (χ4v) is 4.29. The average Bonchev–Trinajstić information content (AvgIpc) is 2.82. The van der Waals surface area contributed by atoms with Gasteiger partial charge >= 0.3 is 0 Å². The van der Waals surface area contributed by atoms with Crippen LogP contribution in [-0.4, -0.2) is 48.6 Å². The Hall–Kier alpha value is -2.60. The molecule has 162 valence electrons. The van der Waals surface area contributed by atoms with Crippen molar-refractivity contribution in [2.24, 2.45) is 5.92 Å². The largest absolute Gasteiger partial charge is 0.386 e. The van der Waals surface area contributed by atoms with E-state index in [4.69, 9.17) is 4.74 Å². The van der Waals surface area contributed by atoms with Crippen molar-refractivity contribution < 1.29 is 19.0 Å². The maximum atomic E-state index is 13.1. The Bertz CT molecular complexity index is 1010. The number of benzene rings is 3. The van der Waals surface area contributed by atoms with Crippen molar-refractivity contribution in [3.8, 4) is 0 Å². The predicted molar refractivity (Wildman–Crippen MR) is 120 cm³/mol. The molecule has 1 saturated heterocycles. The lowest BCUT2D eigenvalue weighted by molar-refractivity contribution is 0.0232. The molecular weight excluding hydrogens is 393 g/mol. The second-order valence-electron chi connectivity index (χ2n) is 8.15. The van der Waals surface area contributed by atoms with Crippen molar-refractivity contribution in [3.05, 3.63) is 83.7 Å². The first-order valence-corrected chi connectivity index (χ1v) is 10.9. The molecule has 1 atom stereocenters.